The van der Waals surface area contributed by atoms with E-state index in [1.807, 2.05) is 13.8 Å². The van der Waals surface area contributed by atoms with Crippen LogP contribution in [0, 0.1) is 0 Å². The van der Waals surface area contributed by atoms with Crippen LogP contribution in [0.25, 0.3) is 0 Å². The fourth-order valence-electron chi connectivity index (χ4n) is 1.62. The lowest BCUT2D eigenvalue weighted by Crippen LogP contribution is -2.34. The van der Waals surface area contributed by atoms with Gasteiger partial charge in [0.05, 0.1) is 0 Å². The second-order valence-corrected chi connectivity index (χ2v) is 4.86. The molecule has 0 radical (unpaired) electrons. The first-order valence-corrected chi connectivity index (χ1v) is 6.87. The van der Waals surface area contributed by atoms with Gasteiger partial charge < -0.3 is 16.0 Å². The van der Waals surface area contributed by atoms with Gasteiger partial charge >= 0.3 is 0 Å². The summed E-state index contributed by atoms with van der Waals surface area (Å²) in [5, 5.41) is 7.99. The first-order chi connectivity index (χ1) is 9.90. The van der Waals surface area contributed by atoms with Crippen LogP contribution in [0.5, 0.6) is 0 Å². The molecule has 1 unspecified atom stereocenters. The largest absolute Gasteiger partial charge is 0.353 e. The monoisotopic (exact) mass is 291 g/mol. The minimum absolute atomic E-state index is 0.0576. The Bertz CT molecular complexity index is 511. The topological polar surface area (TPSA) is 87.3 Å². The molecule has 0 bridgehead atoms. The quantitative estimate of drug-likeness (QED) is 0.699. The van der Waals surface area contributed by atoms with Crippen LogP contribution in [0.1, 0.15) is 33.6 Å². The molecule has 0 saturated heterocycles. The first kappa shape index (κ1) is 16.7. The Balaban J connectivity index is 2.47. The molecule has 1 aromatic rings. The van der Waals surface area contributed by atoms with Gasteiger partial charge in [-0.3, -0.25) is 14.4 Å². The maximum atomic E-state index is 11.7. The molecule has 1 atom stereocenters. The van der Waals surface area contributed by atoms with E-state index in [0.29, 0.717) is 11.4 Å². The minimum Gasteiger partial charge on any atom is -0.353 e. The number of anilines is 2. The predicted molar refractivity (Wildman–Crippen MR) is 81.9 cm³/mol. The molecule has 0 aliphatic rings. The van der Waals surface area contributed by atoms with E-state index in [0.717, 1.165) is 6.42 Å². The van der Waals surface area contributed by atoms with Gasteiger partial charge in [-0.1, -0.05) is 6.92 Å². The molecular formula is C15H21N3O3. The molecule has 114 valence electrons. The van der Waals surface area contributed by atoms with Gasteiger partial charge in [0, 0.05) is 24.3 Å². The van der Waals surface area contributed by atoms with Crippen LogP contribution < -0.4 is 16.0 Å². The van der Waals surface area contributed by atoms with E-state index >= 15 is 0 Å². The van der Waals surface area contributed by atoms with Crippen molar-refractivity contribution in [2.75, 3.05) is 10.6 Å². The van der Waals surface area contributed by atoms with Gasteiger partial charge in [0.2, 0.25) is 17.7 Å². The number of nitrogens with one attached hydrogen (secondary N) is 3. The van der Waals surface area contributed by atoms with Crippen LogP contribution in [0.4, 0.5) is 11.4 Å². The number of hydrogen-bond acceptors (Lipinski definition) is 3. The van der Waals surface area contributed by atoms with E-state index in [1.54, 1.807) is 24.3 Å². The number of rotatable bonds is 6. The molecule has 0 saturated carbocycles. The van der Waals surface area contributed by atoms with Gasteiger partial charge in [-0.25, -0.2) is 0 Å². The summed E-state index contributed by atoms with van der Waals surface area (Å²) in [5.41, 5.74) is 1.22. The van der Waals surface area contributed by atoms with Crippen molar-refractivity contribution in [3.8, 4) is 0 Å². The lowest BCUT2D eigenvalue weighted by molar-refractivity contribution is -0.127. The van der Waals surface area contributed by atoms with Crippen molar-refractivity contribution in [2.24, 2.45) is 0 Å². The summed E-state index contributed by atoms with van der Waals surface area (Å²) in [7, 11) is 0. The van der Waals surface area contributed by atoms with Gasteiger partial charge in [0.25, 0.3) is 0 Å². The van der Waals surface area contributed by atoms with Crippen molar-refractivity contribution >= 4 is 29.1 Å². The van der Waals surface area contributed by atoms with E-state index in [2.05, 4.69) is 16.0 Å². The van der Waals surface area contributed by atoms with Gasteiger partial charge in [0.15, 0.2) is 0 Å². The van der Waals surface area contributed by atoms with Crippen molar-refractivity contribution in [2.45, 2.75) is 39.7 Å². The third-order valence-corrected chi connectivity index (χ3v) is 2.83. The smallest absolute Gasteiger partial charge is 0.233 e. The van der Waals surface area contributed by atoms with Crippen molar-refractivity contribution in [3.05, 3.63) is 24.3 Å². The lowest BCUT2D eigenvalue weighted by Gasteiger charge is -2.11. The van der Waals surface area contributed by atoms with Crippen LogP contribution in [0.3, 0.4) is 0 Å². The fourth-order valence-corrected chi connectivity index (χ4v) is 1.62. The molecule has 0 heterocycles. The number of benzene rings is 1. The summed E-state index contributed by atoms with van der Waals surface area (Å²) < 4.78 is 0. The van der Waals surface area contributed by atoms with E-state index in [1.165, 1.54) is 6.92 Å². The predicted octanol–water partition coefficient (Wildman–Crippen LogP) is 1.89. The molecule has 6 heteroatoms. The number of carbonyl (C=O) groups excluding carboxylic acids is 3. The van der Waals surface area contributed by atoms with Crippen LogP contribution in [-0.2, 0) is 14.4 Å². The zero-order valence-corrected chi connectivity index (χ0v) is 12.5. The Labute approximate surface area is 124 Å². The maximum absolute atomic E-state index is 11.7. The standard InChI is InChI=1S/C15H21N3O3/c1-4-10(2)16-14(20)9-15(21)18-13-7-5-12(6-8-13)17-11(3)19/h5-8,10H,4,9H2,1-3H3,(H,16,20)(H,17,19)(H,18,21). The van der Waals surface area contributed by atoms with Crippen molar-refractivity contribution in [1.29, 1.82) is 0 Å². The van der Waals surface area contributed by atoms with Crippen LogP contribution in [0.15, 0.2) is 24.3 Å². The Morgan fingerprint density at radius 2 is 1.52 bits per heavy atom. The molecule has 1 aromatic carbocycles. The zero-order chi connectivity index (χ0) is 15.8. The van der Waals surface area contributed by atoms with Crippen molar-refractivity contribution in [3.63, 3.8) is 0 Å². The summed E-state index contributed by atoms with van der Waals surface area (Å²) in [5.74, 6) is -0.826. The first-order valence-electron chi connectivity index (χ1n) is 6.87. The van der Waals surface area contributed by atoms with Crippen molar-refractivity contribution in [1.82, 2.24) is 5.32 Å². The van der Waals surface area contributed by atoms with Crippen LogP contribution >= 0.6 is 0 Å². The summed E-state index contributed by atoms with van der Waals surface area (Å²) in [6, 6.07) is 6.74. The Hall–Kier alpha value is -2.37. The molecule has 3 N–H and O–H groups in total. The number of carbonyl (C=O) groups is 3. The van der Waals surface area contributed by atoms with E-state index < -0.39 is 0 Å². The SMILES string of the molecule is CCC(C)NC(=O)CC(=O)Nc1ccc(NC(C)=O)cc1. The second-order valence-electron chi connectivity index (χ2n) is 4.86. The molecule has 21 heavy (non-hydrogen) atoms. The summed E-state index contributed by atoms with van der Waals surface area (Å²) in [4.78, 5) is 34.2. The number of amides is 3. The molecule has 0 fully saturated rings. The summed E-state index contributed by atoms with van der Waals surface area (Å²) >= 11 is 0. The third kappa shape index (κ3) is 6.56. The zero-order valence-electron chi connectivity index (χ0n) is 12.5. The van der Waals surface area contributed by atoms with Gasteiger partial charge in [-0.2, -0.15) is 0 Å². The number of hydrogen-bond donors (Lipinski definition) is 3. The Morgan fingerprint density at radius 1 is 1.00 bits per heavy atom. The molecule has 0 aliphatic heterocycles. The van der Waals surface area contributed by atoms with Gasteiger partial charge in [-0.15, -0.1) is 0 Å². The highest BCUT2D eigenvalue weighted by Gasteiger charge is 2.11. The Morgan fingerprint density at radius 3 is 2.00 bits per heavy atom. The van der Waals surface area contributed by atoms with E-state index in [-0.39, 0.29) is 30.2 Å². The Kier molecular flexibility index (Phi) is 6.39. The molecule has 3 amide bonds. The third-order valence-electron chi connectivity index (χ3n) is 2.83. The normalized spacial score (nSPS) is 11.4. The second kappa shape index (κ2) is 8.04. The van der Waals surface area contributed by atoms with E-state index in [9.17, 15) is 14.4 Å². The molecule has 6 nitrogen and oxygen atoms in total. The van der Waals surface area contributed by atoms with Crippen LogP contribution in [-0.4, -0.2) is 23.8 Å². The highest BCUT2D eigenvalue weighted by molar-refractivity contribution is 6.03. The van der Waals surface area contributed by atoms with Gasteiger partial charge in [0.1, 0.15) is 6.42 Å². The maximum Gasteiger partial charge on any atom is 0.233 e. The fraction of sp³-hybridized carbons (Fsp3) is 0.400. The highest BCUT2D eigenvalue weighted by Crippen LogP contribution is 2.13. The van der Waals surface area contributed by atoms with Crippen molar-refractivity contribution < 1.29 is 14.4 Å². The molecule has 0 aliphatic carbocycles. The average Bonchev–Trinajstić information content (AvgIpc) is 2.39. The summed E-state index contributed by atoms with van der Waals surface area (Å²) in [6.07, 6.45) is 0.607. The average molecular weight is 291 g/mol. The molecule has 0 aromatic heterocycles. The lowest BCUT2D eigenvalue weighted by atomic mass is 10.2. The molecule has 1 rings (SSSR count). The molecular weight excluding hydrogens is 270 g/mol. The summed E-state index contributed by atoms with van der Waals surface area (Å²) in [6.45, 7) is 5.27. The van der Waals surface area contributed by atoms with Gasteiger partial charge in [-0.05, 0) is 37.6 Å². The highest BCUT2D eigenvalue weighted by atomic mass is 16.2. The van der Waals surface area contributed by atoms with Crippen LogP contribution in [0.2, 0.25) is 0 Å². The minimum atomic E-state index is -0.372. The van der Waals surface area contributed by atoms with E-state index in [4.69, 9.17) is 0 Å². The molecule has 0 spiro atoms.